The van der Waals surface area contributed by atoms with Gasteiger partial charge in [-0.25, -0.2) is 9.37 Å². The predicted molar refractivity (Wildman–Crippen MR) is 127 cm³/mol. The van der Waals surface area contributed by atoms with Gasteiger partial charge in [-0.15, -0.1) is 0 Å². The van der Waals surface area contributed by atoms with E-state index >= 15 is 0 Å². The number of aromatic nitrogens is 4. The first kappa shape index (κ1) is 21.9. The number of imidazole rings is 1. The molecule has 0 atom stereocenters. The third kappa shape index (κ3) is 4.58. The maximum Gasteiger partial charge on any atom is 0.260 e. The largest absolute Gasteiger partial charge is 0.484 e. The fourth-order valence-electron chi connectivity index (χ4n) is 3.80. The minimum absolute atomic E-state index is 0.0489. The number of benzene rings is 2. The zero-order valence-electron chi connectivity index (χ0n) is 18.0. The maximum absolute atomic E-state index is 13.3. The second kappa shape index (κ2) is 9.14. The number of amides is 1. The van der Waals surface area contributed by atoms with Crippen molar-refractivity contribution in [3.8, 4) is 17.1 Å². The number of aromatic amines is 1. The molecule has 0 aliphatic carbocycles. The van der Waals surface area contributed by atoms with E-state index in [-0.39, 0.29) is 24.3 Å². The van der Waals surface area contributed by atoms with E-state index in [1.165, 1.54) is 12.1 Å². The number of hydrogen-bond acceptors (Lipinski definition) is 7. The SMILES string of the molecule is Nc1nc(N2CCN(C(=O)COc3ccc(Cl)cc3)CC2)c2nc(-c3ccc(F)cc3)[nH]c2n1. The molecule has 1 aliphatic rings. The highest BCUT2D eigenvalue weighted by Crippen LogP contribution is 2.27. The molecule has 2 aromatic heterocycles. The number of fused-ring (bicyclic) bond motifs is 1. The zero-order valence-corrected chi connectivity index (χ0v) is 18.8. The van der Waals surface area contributed by atoms with Crippen LogP contribution in [0.15, 0.2) is 48.5 Å². The molecule has 4 aromatic rings. The Labute approximate surface area is 199 Å². The first-order valence-electron chi connectivity index (χ1n) is 10.7. The monoisotopic (exact) mass is 481 g/mol. The van der Waals surface area contributed by atoms with E-state index in [1.807, 2.05) is 4.90 Å². The summed E-state index contributed by atoms with van der Waals surface area (Å²) in [4.78, 5) is 32.8. The Bertz CT molecular complexity index is 1320. The van der Waals surface area contributed by atoms with Crippen LogP contribution in [-0.4, -0.2) is 63.5 Å². The van der Waals surface area contributed by atoms with Crippen molar-refractivity contribution in [2.24, 2.45) is 0 Å². The summed E-state index contributed by atoms with van der Waals surface area (Å²) in [5.74, 6) is 1.43. The van der Waals surface area contributed by atoms with E-state index in [1.54, 1.807) is 41.3 Å². The second-order valence-corrected chi connectivity index (χ2v) is 8.24. The highest BCUT2D eigenvalue weighted by Gasteiger charge is 2.25. The number of carbonyl (C=O) groups excluding carboxylic acids is 1. The van der Waals surface area contributed by atoms with E-state index in [4.69, 9.17) is 22.1 Å². The fourth-order valence-corrected chi connectivity index (χ4v) is 3.93. The van der Waals surface area contributed by atoms with Crippen molar-refractivity contribution in [3.05, 3.63) is 59.4 Å². The van der Waals surface area contributed by atoms with Crippen molar-refractivity contribution in [2.75, 3.05) is 43.4 Å². The number of hydrogen-bond donors (Lipinski definition) is 2. The summed E-state index contributed by atoms with van der Waals surface area (Å²) in [5.41, 5.74) is 7.73. The first-order valence-corrected chi connectivity index (χ1v) is 11.0. The molecular formula is C23H21ClFN7O2. The first-order chi connectivity index (χ1) is 16.5. The van der Waals surface area contributed by atoms with E-state index in [9.17, 15) is 9.18 Å². The van der Waals surface area contributed by atoms with Crippen LogP contribution in [0.1, 0.15) is 0 Å². The Morgan fingerprint density at radius 3 is 2.44 bits per heavy atom. The third-order valence-corrected chi connectivity index (χ3v) is 5.82. The average molecular weight is 482 g/mol. The van der Waals surface area contributed by atoms with E-state index in [0.29, 0.717) is 59.8 Å². The molecule has 0 unspecified atom stereocenters. The van der Waals surface area contributed by atoms with Crippen molar-refractivity contribution in [3.63, 3.8) is 0 Å². The minimum atomic E-state index is -0.324. The highest BCUT2D eigenvalue weighted by molar-refractivity contribution is 6.30. The lowest BCUT2D eigenvalue weighted by Gasteiger charge is -2.35. The normalized spacial score (nSPS) is 13.9. The Morgan fingerprint density at radius 2 is 1.74 bits per heavy atom. The molecule has 9 nitrogen and oxygen atoms in total. The van der Waals surface area contributed by atoms with Crippen molar-refractivity contribution in [2.45, 2.75) is 0 Å². The van der Waals surface area contributed by atoms with Gasteiger partial charge < -0.3 is 25.3 Å². The molecule has 0 bridgehead atoms. The smallest absolute Gasteiger partial charge is 0.260 e. The summed E-state index contributed by atoms with van der Waals surface area (Å²) >= 11 is 5.87. The molecule has 1 amide bonds. The van der Waals surface area contributed by atoms with Gasteiger partial charge >= 0.3 is 0 Å². The summed E-state index contributed by atoms with van der Waals surface area (Å²) < 4.78 is 18.9. The second-order valence-electron chi connectivity index (χ2n) is 7.81. The fraction of sp³-hybridized carbons (Fsp3) is 0.217. The number of halogens is 2. The van der Waals surface area contributed by atoms with Crippen LogP contribution in [0.4, 0.5) is 16.2 Å². The van der Waals surface area contributed by atoms with Gasteiger partial charge in [-0.2, -0.15) is 9.97 Å². The number of ether oxygens (including phenoxy) is 1. The Morgan fingerprint density at radius 1 is 1.03 bits per heavy atom. The number of anilines is 2. The summed E-state index contributed by atoms with van der Waals surface area (Å²) in [6.07, 6.45) is 0. The molecule has 5 rings (SSSR count). The number of nitrogens with two attached hydrogens (primary N) is 1. The number of piperazine rings is 1. The van der Waals surface area contributed by atoms with Gasteiger partial charge in [0.15, 0.2) is 23.6 Å². The van der Waals surface area contributed by atoms with E-state index in [2.05, 4.69) is 19.9 Å². The van der Waals surface area contributed by atoms with Crippen LogP contribution >= 0.6 is 11.6 Å². The Balaban J connectivity index is 1.28. The molecule has 3 N–H and O–H groups in total. The molecule has 1 fully saturated rings. The molecule has 0 saturated carbocycles. The number of nitrogens with one attached hydrogen (secondary N) is 1. The van der Waals surface area contributed by atoms with Crippen LogP contribution in [0.5, 0.6) is 5.75 Å². The predicted octanol–water partition coefficient (Wildman–Crippen LogP) is 3.12. The molecule has 1 saturated heterocycles. The Kier molecular flexibility index (Phi) is 5.89. The third-order valence-electron chi connectivity index (χ3n) is 5.57. The van der Waals surface area contributed by atoms with Crippen LogP contribution in [-0.2, 0) is 4.79 Å². The molecule has 11 heteroatoms. The van der Waals surface area contributed by atoms with Crippen molar-refractivity contribution in [1.29, 1.82) is 0 Å². The molecule has 0 spiro atoms. The van der Waals surface area contributed by atoms with Crippen LogP contribution in [0.2, 0.25) is 5.02 Å². The lowest BCUT2D eigenvalue weighted by atomic mass is 10.2. The van der Waals surface area contributed by atoms with Gasteiger partial charge in [0.25, 0.3) is 5.91 Å². The molecule has 0 radical (unpaired) electrons. The lowest BCUT2D eigenvalue weighted by Crippen LogP contribution is -2.50. The number of H-pyrrole nitrogens is 1. The average Bonchev–Trinajstić information content (AvgIpc) is 3.27. The quantitative estimate of drug-likeness (QED) is 0.450. The van der Waals surface area contributed by atoms with Crippen LogP contribution in [0.3, 0.4) is 0 Å². The number of carbonyl (C=O) groups is 1. The van der Waals surface area contributed by atoms with Crippen LogP contribution < -0.4 is 15.4 Å². The molecule has 2 aromatic carbocycles. The van der Waals surface area contributed by atoms with Crippen LogP contribution in [0, 0.1) is 5.82 Å². The summed E-state index contributed by atoms with van der Waals surface area (Å²) in [6, 6.07) is 12.9. The summed E-state index contributed by atoms with van der Waals surface area (Å²) in [7, 11) is 0. The van der Waals surface area contributed by atoms with Crippen molar-refractivity contribution >= 4 is 40.4 Å². The van der Waals surface area contributed by atoms with Crippen molar-refractivity contribution in [1.82, 2.24) is 24.8 Å². The van der Waals surface area contributed by atoms with Crippen molar-refractivity contribution < 1.29 is 13.9 Å². The summed E-state index contributed by atoms with van der Waals surface area (Å²) in [6.45, 7) is 2.06. The number of nitrogen functional groups attached to an aromatic ring is 1. The van der Waals surface area contributed by atoms with Gasteiger partial charge in [-0.3, -0.25) is 4.79 Å². The molecule has 1 aliphatic heterocycles. The van der Waals surface area contributed by atoms with Gasteiger partial charge in [0, 0.05) is 36.8 Å². The molecular weight excluding hydrogens is 461 g/mol. The van der Waals surface area contributed by atoms with Gasteiger partial charge in [0.2, 0.25) is 5.95 Å². The highest BCUT2D eigenvalue weighted by atomic mass is 35.5. The number of rotatable bonds is 5. The lowest BCUT2D eigenvalue weighted by molar-refractivity contribution is -0.133. The Hall–Kier alpha value is -3.92. The summed E-state index contributed by atoms with van der Waals surface area (Å²) in [5, 5.41) is 0.607. The van der Waals surface area contributed by atoms with Gasteiger partial charge in [-0.05, 0) is 48.5 Å². The minimum Gasteiger partial charge on any atom is -0.484 e. The molecule has 3 heterocycles. The van der Waals surface area contributed by atoms with E-state index < -0.39 is 0 Å². The topological polar surface area (TPSA) is 113 Å². The standard InChI is InChI=1S/C23H21ClFN7O2/c24-15-3-7-17(8-4-15)34-13-18(33)31-9-11-32(12-10-31)22-19-21(29-23(26)30-22)28-20(27-19)14-1-5-16(25)6-2-14/h1-8H,9-13H2,(H3,26,27,28,29,30). The van der Waals surface area contributed by atoms with Crippen LogP contribution in [0.25, 0.3) is 22.6 Å². The molecule has 34 heavy (non-hydrogen) atoms. The van der Waals surface area contributed by atoms with Gasteiger partial charge in [0.05, 0.1) is 0 Å². The zero-order chi connectivity index (χ0) is 23.7. The maximum atomic E-state index is 13.3. The van der Waals surface area contributed by atoms with E-state index in [0.717, 1.165) is 5.56 Å². The van der Waals surface area contributed by atoms with Gasteiger partial charge in [-0.1, -0.05) is 11.6 Å². The van der Waals surface area contributed by atoms with Gasteiger partial charge in [0.1, 0.15) is 17.4 Å². The number of nitrogens with zero attached hydrogens (tertiary/aromatic N) is 5. The molecule has 174 valence electrons.